The second kappa shape index (κ2) is 9.16. The molecule has 158 valence electrons. The van der Waals surface area contributed by atoms with Crippen molar-refractivity contribution < 1.29 is 19.1 Å². The summed E-state index contributed by atoms with van der Waals surface area (Å²) in [6.45, 7) is 9.69. The number of ether oxygens (including phenoxy) is 2. The first kappa shape index (κ1) is 21.6. The van der Waals surface area contributed by atoms with Crippen LogP contribution in [0.25, 0.3) is 6.08 Å². The molecule has 2 aromatic carbocycles. The van der Waals surface area contributed by atoms with Crippen LogP contribution in [-0.2, 0) is 14.9 Å². The third-order valence-corrected chi connectivity index (χ3v) is 4.96. The van der Waals surface area contributed by atoms with Crippen molar-refractivity contribution in [1.82, 2.24) is 4.90 Å². The van der Waals surface area contributed by atoms with Crippen molar-refractivity contribution in [2.75, 3.05) is 19.7 Å². The Balaban J connectivity index is 1.60. The largest absolute Gasteiger partial charge is 0.486 e. The predicted molar refractivity (Wildman–Crippen MR) is 118 cm³/mol. The molecule has 1 saturated heterocycles. The molecule has 0 bridgehead atoms. The summed E-state index contributed by atoms with van der Waals surface area (Å²) < 4.78 is 11.1. The predicted octanol–water partition coefficient (Wildman–Crippen LogP) is 4.46. The quantitative estimate of drug-likeness (QED) is 0.524. The van der Waals surface area contributed by atoms with Gasteiger partial charge in [-0.2, -0.15) is 0 Å². The van der Waals surface area contributed by atoms with Gasteiger partial charge in [0, 0.05) is 11.6 Å². The van der Waals surface area contributed by atoms with Gasteiger partial charge in [-0.3, -0.25) is 4.79 Å². The molecule has 0 N–H and O–H groups in total. The van der Waals surface area contributed by atoms with Gasteiger partial charge in [-0.05, 0) is 47.7 Å². The number of rotatable bonds is 6. The highest BCUT2D eigenvalue weighted by Gasteiger charge is 2.33. The average molecular weight is 408 g/mol. The summed E-state index contributed by atoms with van der Waals surface area (Å²) in [4.78, 5) is 26.0. The Morgan fingerprint density at radius 3 is 2.53 bits per heavy atom. The number of amides is 1. The zero-order valence-corrected chi connectivity index (χ0v) is 18.1. The number of hydrogen-bond acceptors (Lipinski definition) is 4. The number of likely N-dealkylation sites (tertiary alicyclic amines) is 1. The van der Waals surface area contributed by atoms with Crippen LogP contribution in [0, 0.1) is 0 Å². The number of carbonyl (C=O) groups is 2. The Hall–Kier alpha value is -3.08. The van der Waals surface area contributed by atoms with Crippen LogP contribution in [0.5, 0.6) is 5.75 Å². The van der Waals surface area contributed by atoms with Crippen LogP contribution in [0.4, 0.5) is 0 Å². The van der Waals surface area contributed by atoms with Crippen molar-refractivity contribution in [3.63, 3.8) is 0 Å². The van der Waals surface area contributed by atoms with Gasteiger partial charge in [-0.15, -0.1) is 0 Å². The fraction of sp³-hybridized carbons (Fsp3) is 0.360. The number of hydrogen-bond donors (Lipinski definition) is 0. The summed E-state index contributed by atoms with van der Waals surface area (Å²) in [5.74, 6) is 0.450. The maximum absolute atomic E-state index is 12.8. The third-order valence-electron chi connectivity index (χ3n) is 4.96. The standard InChI is InChI=1S/C25H29NO4/c1-5-29-23(27)14-13-18-9-8-10-19(15-18)24(28)26-16-20(17-26)30-22-12-7-6-11-21(22)25(2,3)4/h6-15,20H,5,16-17H2,1-4H3. The highest BCUT2D eigenvalue weighted by molar-refractivity contribution is 5.95. The molecule has 5 heteroatoms. The molecule has 0 radical (unpaired) electrons. The van der Waals surface area contributed by atoms with Crippen molar-refractivity contribution >= 4 is 18.0 Å². The topological polar surface area (TPSA) is 55.8 Å². The molecule has 1 aliphatic heterocycles. The Morgan fingerprint density at radius 1 is 1.10 bits per heavy atom. The minimum absolute atomic E-state index is 0.00659. The van der Waals surface area contributed by atoms with E-state index in [9.17, 15) is 9.59 Å². The van der Waals surface area contributed by atoms with Gasteiger partial charge in [0.05, 0.1) is 19.7 Å². The number of para-hydroxylation sites is 1. The lowest BCUT2D eigenvalue weighted by molar-refractivity contribution is -0.137. The van der Waals surface area contributed by atoms with E-state index in [0.29, 0.717) is 25.3 Å². The van der Waals surface area contributed by atoms with E-state index in [2.05, 4.69) is 26.8 Å². The van der Waals surface area contributed by atoms with Gasteiger partial charge in [0.1, 0.15) is 11.9 Å². The summed E-state index contributed by atoms with van der Waals surface area (Å²) in [6, 6.07) is 15.3. The van der Waals surface area contributed by atoms with E-state index in [-0.39, 0.29) is 17.4 Å². The maximum atomic E-state index is 12.8. The van der Waals surface area contributed by atoms with E-state index in [1.54, 1.807) is 30.0 Å². The van der Waals surface area contributed by atoms with Crippen molar-refractivity contribution in [1.29, 1.82) is 0 Å². The van der Waals surface area contributed by atoms with E-state index in [1.165, 1.54) is 6.08 Å². The molecular weight excluding hydrogens is 378 g/mol. The Labute approximate surface area is 178 Å². The minimum Gasteiger partial charge on any atom is -0.486 e. The molecular formula is C25H29NO4. The molecule has 0 unspecified atom stereocenters. The average Bonchev–Trinajstić information content (AvgIpc) is 2.68. The van der Waals surface area contributed by atoms with Crippen LogP contribution in [0.2, 0.25) is 0 Å². The highest BCUT2D eigenvalue weighted by atomic mass is 16.5. The van der Waals surface area contributed by atoms with Gasteiger partial charge in [0.15, 0.2) is 0 Å². The van der Waals surface area contributed by atoms with E-state index < -0.39 is 5.97 Å². The maximum Gasteiger partial charge on any atom is 0.330 e. The number of nitrogens with zero attached hydrogens (tertiary/aromatic N) is 1. The molecule has 0 atom stereocenters. The molecule has 2 aromatic rings. The van der Waals surface area contributed by atoms with Crippen molar-refractivity contribution in [3.8, 4) is 5.75 Å². The smallest absolute Gasteiger partial charge is 0.330 e. The Morgan fingerprint density at radius 2 is 1.83 bits per heavy atom. The fourth-order valence-corrected chi connectivity index (χ4v) is 3.36. The van der Waals surface area contributed by atoms with Crippen LogP contribution in [-0.4, -0.2) is 42.6 Å². The lowest BCUT2D eigenvalue weighted by Gasteiger charge is -2.40. The molecule has 5 nitrogen and oxygen atoms in total. The third kappa shape index (κ3) is 5.29. The van der Waals surface area contributed by atoms with Crippen LogP contribution < -0.4 is 4.74 Å². The summed E-state index contributed by atoms with van der Waals surface area (Å²) in [6.07, 6.45) is 3.01. The number of benzene rings is 2. The molecule has 3 rings (SSSR count). The van der Waals surface area contributed by atoms with Gasteiger partial charge < -0.3 is 14.4 Å². The molecule has 1 aliphatic rings. The second-order valence-electron chi connectivity index (χ2n) is 8.41. The van der Waals surface area contributed by atoms with Gasteiger partial charge in [-0.25, -0.2) is 4.79 Å². The van der Waals surface area contributed by atoms with Crippen LogP contribution in [0.1, 0.15) is 49.2 Å². The SMILES string of the molecule is CCOC(=O)C=Cc1cccc(C(=O)N2CC(Oc3ccccc3C(C)(C)C)C2)c1. The lowest BCUT2D eigenvalue weighted by atomic mass is 9.86. The van der Waals surface area contributed by atoms with Crippen molar-refractivity contribution in [3.05, 3.63) is 71.3 Å². The van der Waals surface area contributed by atoms with Crippen LogP contribution >= 0.6 is 0 Å². The lowest BCUT2D eigenvalue weighted by Crippen LogP contribution is -2.56. The zero-order chi connectivity index (χ0) is 21.7. The highest BCUT2D eigenvalue weighted by Crippen LogP contribution is 2.32. The number of esters is 1. The van der Waals surface area contributed by atoms with Gasteiger partial charge in [-0.1, -0.05) is 51.1 Å². The minimum atomic E-state index is -0.396. The van der Waals surface area contributed by atoms with Crippen molar-refractivity contribution in [2.45, 2.75) is 39.2 Å². The first-order valence-corrected chi connectivity index (χ1v) is 10.3. The number of carbonyl (C=O) groups excluding carboxylic acids is 2. The van der Waals surface area contributed by atoms with Crippen molar-refractivity contribution in [2.24, 2.45) is 0 Å². The van der Waals surface area contributed by atoms with Gasteiger partial charge >= 0.3 is 5.97 Å². The van der Waals surface area contributed by atoms with E-state index in [4.69, 9.17) is 9.47 Å². The van der Waals surface area contributed by atoms with Crippen LogP contribution in [0.3, 0.4) is 0 Å². The first-order chi connectivity index (χ1) is 14.3. The molecule has 1 heterocycles. The Kier molecular flexibility index (Phi) is 6.60. The molecule has 0 aromatic heterocycles. The molecule has 1 amide bonds. The molecule has 1 fully saturated rings. The second-order valence-corrected chi connectivity index (χ2v) is 8.41. The van der Waals surface area contributed by atoms with E-state index >= 15 is 0 Å². The first-order valence-electron chi connectivity index (χ1n) is 10.3. The summed E-state index contributed by atoms with van der Waals surface area (Å²) >= 11 is 0. The normalized spacial score (nSPS) is 14.5. The Bertz CT molecular complexity index is 936. The van der Waals surface area contributed by atoms with Crippen LogP contribution in [0.15, 0.2) is 54.6 Å². The van der Waals surface area contributed by atoms with E-state index in [0.717, 1.165) is 16.9 Å². The zero-order valence-electron chi connectivity index (χ0n) is 18.1. The molecule has 0 saturated carbocycles. The van der Waals surface area contributed by atoms with E-state index in [1.807, 2.05) is 30.3 Å². The summed E-state index contributed by atoms with van der Waals surface area (Å²) in [5, 5.41) is 0. The van der Waals surface area contributed by atoms with Gasteiger partial charge in [0.2, 0.25) is 0 Å². The summed E-state index contributed by atoms with van der Waals surface area (Å²) in [5.41, 5.74) is 2.53. The monoisotopic (exact) mass is 407 g/mol. The fourth-order valence-electron chi connectivity index (χ4n) is 3.36. The molecule has 0 spiro atoms. The van der Waals surface area contributed by atoms with Gasteiger partial charge in [0.25, 0.3) is 5.91 Å². The molecule has 30 heavy (non-hydrogen) atoms. The summed E-state index contributed by atoms with van der Waals surface area (Å²) in [7, 11) is 0. The molecule has 0 aliphatic carbocycles.